The Labute approximate surface area is 160 Å². The smallest absolute Gasteiger partial charge is 0.267 e. The fourth-order valence-corrected chi connectivity index (χ4v) is 3.77. The van der Waals surface area contributed by atoms with Gasteiger partial charge >= 0.3 is 0 Å². The van der Waals surface area contributed by atoms with E-state index in [1.54, 1.807) is 33.5 Å². The van der Waals surface area contributed by atoms with Gasteiger partial charge in [-0.25, -0.2) is 0 Å². The number of hydrogen-bond acceptors (Lipinski definition) is 5. The molecule has 0 bridgehead atoms. The summed E-state index contributed by atoms with van der Waals surface area (Å²) in [5.74, 6) is 2.32. The maximum absolute atomic E-state index is 12.6. The largest absolute Gasteiger partial charge is 0.496 e. The molecule has 0 aliphatic carbocycles. The zero-order valence-corrected chi connectivity index (χ0v) is 16.6. The van der Waals surface area contributed by atoms with Gasteiger partial charge in [-0.05, 0) is 31.4 Å². The van der Waals surface area contributed by atoms with Crippen LogP contribution in [0.4, 0.5) is 0 Å². The number of carbonyl (C=O) groups excluding carboxylic acids is 1. The van der Waals surface area contributed by atoms with Crippen molar-refractivity contribution in [2.45, 2.75) is 19.8 Å². The molecule has 2 aromatic rings. The van der Waals surface area contributed by atoms with Crippen LogP contribution in [-0.2, 0) is 0 Å². The lowest BCUT2D eigenvalue weighted by Crippen LogP contribution is -2.40. The Hall–Kier alpha value is -2.41. The van der Waals surface area contributed by atoms with E-state index in [9.17, 15) is 4.79 Å². The SMILES string of the molecule is COc1cc(OC)c2cc(C(=O)NCCN3CCCC(C)C3)[nH]c2c1OC. The highest BCUT2D eigenvalue weighted by molar-refractivity contribution is 6.02. The Balaban J connectivity index is 1.73. The van der Waals surface area contributed by atoms with Crippen molar-refractivity contribution in [2.24, 2.45) is 5.92 Å². The first-order valence-corrected chi connectivity index (χ1v) is 9.39. The van der Waals surface area contributed by atoms with Crippen LogP contribution in [0, 0.1) is 5.92 Å². The maximum atomic E-state index is 12.6. The number of piperidine rings is 1. The number of aromatic amines is 1. The van der Waals surface area contributed by atoms with Gasteiger partial charge in [0, 0.05) is 31.1 Å². The number of nitrogens with zero attached hydrogens (tertiary/aromatic N) is 1. The summed E-state index contributed by atoms with van der Waals surface area (Å²) in [6, 6.07) is 3.54. The topological polar surface area (TPSA) is 75.8 Å². The predicted octanol–water partition coefficient (Wildman–Crippen LogP) is 2.66. The number of aromatic nitrogens is 1. The number of hydrogen-bond donors (Lipinski definition) is 2. The molecular weight excluding hydrogens is 346 g/mol. The van der Waals surface area contributed by atoms with Crippen molar-refractivity contribution in [3.63, 3.8) is 0 Å². The number of rotatable bonds is 7. The lowest BCUT2D eigenvalue weighted by molar-refractivity contribution is 0.0939. The fourth-order valence-electron chi connectivity index (χ4n) is 3.77. The predicted molar refractivity (Wildman–Crippen MR) is 105 cm³/mol. The normalized spacial score (nSPS) is 17.7. The van der Waals surface area contributed by atoms with E-state index in [4.69, 9.17) is 14.2 Å². The lowest BCUT2D eigenvalue weighted by atomic mass is 10.0. The number of ether oxygens (including phenoxy) is 3. The van der Waals surface area contributed by atoms with Crippen LogP contribution in [0.25, 0.3) is 10.9 Å². The van der Waals surface area contributed by atoms with Crippen molar-refractivity contribution >= 4 is 16.8 Å². The molecule has 27 heavy (non-hydrogen) atoms. The van der Waals surface area contributed by atoms with Gasteiger partial charge in [-0.3, -0.25) is 4.79 Å². The molecule has 7 nitrogen and oxygen atoms in total. The Morgan fingerprint density at radius 3 is 2.67 bits per heavy atom. The van der Waals surface area contributed by atoms with E-state index >= 15 is 0 Å². The van der Waals surface area contributed by atoms with Gasteiger partial charge < -0.3 is 29.4 Å². The third-order valence-corrected chi connectivity index (χ3v) is 5.14. The minimum absolute atomic E-state index is 0.140. The summed E-state index contributed by atoms with van der Waals surface area (Å²) < 4.78 is 16.3. The van der Waals surface area contributed by atoms with Crippen LogP contribution in [-0.4, -0.2) is 63.3 Å². The molecule has 1 aliphatic rings. The summed E-state index contributed by atoms with van der Waals surface area (Å²) in [5, 5.41) is 3.78. The van der Waals surface area contributed by atoms with Gasteiger partial charge in [0.15, 0.2) is 11.5 Å². The van der Waals surface area contributed by atoms with Gasteiger partial charge in [0.05, 0.1) is 26.8 Å². The highest BCUT2D eigenvalue weighted by Gasteiger charge is 2.20. The van der Waals surface area contributed by atoms with Crippen LogP contribution in [0.3, 0.4) is 0 Å². The van der Waals surface area contributed by atoms with Gasteiger partial charge in [-0.2, -0.15) is 0 Å². The third-order valence-electron chi connectivity index (χ3n) is 5.14. The average molecular weight is 375 g/mol. The van der Waals surface area contributed by atoms with Crippen LogP contribution >= 0.6 is 0 Å². The minimum Gasteiger partial charge on any atom is -0.496 e. The molecule has 1 aromatic carbocycles. The average Bonchev–Trinajstić information content (AvgIpc) is 3.12. The number of likely N-dealkylation sites (tertiary alicyclic amines) is 1. The van der Waals surface area contributed by atoms with Crippen LogP contribution in [0.1, 0.15) is 30.3 Å². The van der Waals surface area contributed by atoms with E-state index in [1.165, 1.54) is 12.8 Å². The minimum atomic E-state index is -0.140. The zero-order chi connectivity index (χ0) is 19.4. The first kappa shape index (κ1) is 19.4. The van der Waals surface area contributed by atoms with Crippen molar-refractivity contribution in [3.05, 3.63) is 17.8 Å². The monoisotopic (exact) mass is 375 g/mol. The number of carbonyl (C=O) groups is 1. The number of benzene rings is 1. The van der Waals surface area contributed by atoms with Crippen molar-refractivity contribution in [1.82, 2.24) is 15.2 Å². The molecule has 0 radical (unpaired) electrons. The molecule has 2 N–H and O–H groups in total. The molecular formula is C20H29N3O4. The summed E-state index contributed by atoms with van der Waals surface area (Å²) in [4.78, 5) is 18.2. The second kappa shape index (κ2) is 8.52. The lowest BCUT2D eigenvalue weighted by Gasteiger charge is -2.30. The highest BCUT2D eigenvalue weighted by atomic mass is 16.5. The summed E-state index contributed by atoms with van der Waals surface area (Å²) in [6.45, 7) is 6.00. The third kappa shape index (κ3) is 4.13. The van der Waals surface area contributed by atoms with Gasteiger partial charge in [-0.15, -0.1) is 0 Å². The zero-order valence-electron chi connectivity index (χ0n) is 16.6. The molecule has 0 spiro atoms. The van der Waals surface area contributed by atoms with Gasteiger partial charge in [0.1, 0.15) is 11.4 Å². The van der Waals surface area contributed by atoms with Crippen molar-refractivity contribution in [2.75, 3.05) is 47.5 Å². The van der Waals surface area contributed by atoms with E-state index < -0.39 is 0 Å². The molecule has 1 atom stereocenters. The Kier molecular flexibility index (Phi) is 6.11. The Morgan fingerprint density at radius 1 is 1.22 bits per heavy atom. The van der Waals surface area contributed by atoms with Crippen molar-refractivity contribution in [1.29, 1.82) is 0 Å². The first-order valence-electron chi connectivity index (χ1n) is 9.39. The second-order valence-corrected chi connectivity index (χ2v) is 7.09. The molecule has 0 saturated carbocycles. The quantitative estimate of drug-likeness (QED) is 0.778. The summed E-state index contributed by atoms with van der Waals surface area (Å²) in [5.41, 5.74) is 1.16. The van der Waals surface area contributed by atoms with E-state index in [0.717, 1.165) is 30.9 Å². The van der Waals surface area contributed by atoms with E-state index in [0.29, 0.717) is 35.0 Å². The van der Waals surface area contributed by atoms with Crippen molar-refractivity contribution < 1.29 is 19.0 Å². The van der Waals surface area contributed by atoms with Crippen LogP contribution in [0.15, 0.2) is 12.1 Å². The molecule has 2 heterocycles. The van der Waals surface area contributed by atoms with Crippen LogP contribution < -0.4 is 19.5 Å². The van der Waals surface area contributed by atoms with Gasteiger partial charge in [0.25, 0.3) is 5.91 Å². The Morgan fingerprint density at radius 2 is 2.00 bits per heavy atom. The number of H-pyrrole nitrogens is 1. The number of fused-ring (bicyclic) bond motifs is 1. The van der Waals surface area contributed by atoms with Gasteiger partial charge in [-0.1, -0.05) is 6.92 Å². The highest BCUT2D eigenvalue weighted by Crippen LogP contribution is 2.41. The fraction of sp³-hybridized carbons (Fsp3) is 0.550. The number of methoxy groups -OCH3 is 3. The van der Waals surface area contributed by atoms with Crippen LogP contribution in [0.5, 0.6) is 17.2 Å². The molecule has 7 heteroatoms. The summed E-state index contributed by atoms with van der Waals surface area (Å²) >= 11 is 0. The molecule has 3 rings (SSSR count). The number of amides is 1. The summed E-state index contributed by atoms with van der Waals surface area (Å²) in [6.07, 6.45) is 2.53. The molecule has 1 aromatic heterocycles. The van der Waals surface area contributed by atoms with E-state index in [-0.39, 0.29) is 5.91 Å². The molecule has 1 aliphatic heterocycles. The van der Waals surface area contributed by atoms with Crippen LogP contribution in [0.2, 0.25) is 0 Å². The molecule has 1 amide bonds. The van der Waals surface area contributed by atoms with E-state index in [2.05, 4.69) is 22.1 Å². The molecule has 1 fully saturated rings. The summed E-state index contributed by atoms with van der Waals surface area (Å²) in [7, 11) is 4.73. The standard InChI is InChI=1S/C20H29N3O4/c1-13-6-5-8-23(12-13)9-7-21-20(24)15-10-14-16(25-2)11-17(26-3)19(27-4)18(14)22-15/h10-11,13,22H,5-9,12H2,1-4H3,(H,21,24). The number of nitrogens with one attached hydrogen (secondary N) is 2. The Bertz CT molecular complexity index is 802. The maximum Gasteiger partial charge on any atom is 0.267 e. The van der Waals surface area contributed by atoms with E-state index in [1.807, 2.05) is 0 Å². The molecule has 1 saturated heterocycles. The van der Waals surface area contributed by atoms with Gasteiger partial charge in [0.2, 0.25) is 0 Å². The second-order valence-electron chi connectivity index (χ2n) is 7.09. The molecule has 148 valence electrons. The van der Waals surface area contributed by atoms with Crippen molar-refractivity contribution in [3.8, 4) is 17.2 Å². The molecule has 1 unspecified atom stereocenters. The first-order chi connectivity index (χ1) is 13.1.